The number of benzene rings is 1. The lowest BCUT2D eigenvalue weighted by Gasteiger charge is -2.27. The Balaban J connectivity index is 1.54. The third-order valence-corrected chi connectivity index (χ3v) is 4.14. The molecule has 2 aliphatic rings. The van der Waals surface area contributed by atoms with Crippen molar-refractivity contribution in [2.75, 3.05) is 45.9 Å². The molecule has 2 aliphatic heterocycles. The Bertz CT molecular complexity index is 551. The molecule has 23 heavy (non-hydrogen) atoms. The van der Waals surface area contributed by atoms with Crippen LogP contribution in [-0.4, -0.2) is 79.0 Å². The fraction of sp³-hybridized carbons (Fsp3) is 0.562. The predicted molar refractivity (Wildman–Crippen MR) is 80.7 cm³/mol. The average molecular weight is 324 g/mol. The maximum atomic E-state index is 13.2. The molecule has 0 saturated carbocycles. The van der Waals surface area contributed by atoms with E-state index < -0.39 is 18.0 Å². The van der Waals surface area contributed by atoms with Crippen LogP contribution in [0.2, 0.25) is 0 Å². The Hall–Kier alpha value is -1.70. The number of amides is 1. The number of rotatable bonds is 4. The Morgan fingerprint density at radius 2 is 2.13 bits per heavy atom. The first kappa shape index (κ1) is 16.2. The molecular weight excluding hydrogens is 303 g/mol. The van der Waals surface area contributed by atoms with Crippen molar-refractivity contribution >= 4 is 5.91 Å². The molecule has 0 spiro atoms. The fourth-order valence-electron chi connectivity index (χ4n) is 2.84. The summed E-state index contributed by atoms with van der Waals surface area (Å²) in [6.07, 6.45) is -1.31. The van der Waals surface area contributed by atoms with Crippen LogP contribution in [0.5, 0.6) is 5.75 Å². The van der Waals surface area contributed by atoms with Crippen molar-refractivity contribution in [2.24, 2.45) is 0 Å². The van der Waals surface area contributed by atoms with Crippen LogP contribution in [0, 0.1) is 5.82 Å². The lowest BCUT2D eigenvalue weighted by Crippen LogP contribution is -2.44. The van der Waals surface area contributed by atoms with E-state index >= 15 is 0 Å². The SMILES string of the molecule is O=C(CN1CCOCC1)N1C[C@@H](O)[C@H](Oc2cccc(F)c2)C1. The Labute approximate surface area is 134 Å². The summed E-state index contributed by atoms with van der Waals surface area (Å²) in [5, 5.41) is 10.1. The number of hydrogen-bond acceptors (Lipinski definition) is 5. The minimum Gasteiger partial charge on any atom is -0.486 e. The zero-order chi connectivity index (χ0) is 16.2. The molecule has 0 unspecified atom stereocenters. The number of likely N-dealkylation sites (tertiary alicyclic amines) is 1. The third-order valence-electron chi connectivity index (χ3n) is 4.14. The van der Waals surface area contributed by atoms with Gasteiger partial charge in [0.2, 0.25) is 5.91 Å². The van der Waals surface area contributed by atoms with E-state index in [1.54, 1.807) is 17.0 Å². The zero-order valence-electron chi connectivity index (χ0n) is 12.9. The van der Waals surface area contributed by atoms with E-state index in [1.807, 2.05) is 4.90 Å². The van der Waals surface area contributed by atoms with Gasteiger partial charge < -0.3 is 19.5 Å². The standard InChI is InChI=1S/C16H21FN2O4/c17-12-2-1-3-13(8-12)23-15-10-19(9-14(15)20)16(21)11-18-4-6-22-7-5-18/h1-3,8,14-15,20H,4-7,9-11H2/t14-,15-/m1/s1. The largest absolute Gasteiger partial charge is 0.486 e. The molecule has 7 heteroatoms. The second kappa shape index (κ2) is 7.25. The van der Waals surface area contributed by atoms with E-state index in [2.05, 4.69) is 0 Å². The van der Waals surface area contributed by atoms with Crippen molar-refractivity contribution in [3.05, 3.63) is 30.1 Å². The predicted octanol–water partition coefficient (Wildman–Crippen LogP) is 0.108. The molecule has 0 bridgehead atoms. The number of carbonyl (C=O) groups excluding carboxylic acids is 1. The first-order chi connectivity index (χ1) is 11.1. The second-order valence-electron chi connectivity index (χ2n) is 5.87. The van der Waals surface area contributed by atoms with E-state index in [-0.39, 0.29) is 12.5 Å². The molecule has 2 saturated heterocycles. The van der Waals surface area contributed by atoms with Gasteiger partial charge >= 0.3 is 0 Å². The molecule has 3 rings (SSSR count). The molecular formula is C16H21FN2O4. The summed E-state index contributed by atoms with van der Waals surface area (Å²) in [5.41, 5.74) is 0. The smallest absolute Gasteiger partial charge is 0.236 e. The van der Waals surface area contributed by atoms with E-state index in [4.69, 9.17) is 9.47 Å². The van der Waals surface area contributed by atoms with Crippen LogP contribution in [0.4, 0.5) is 4.39 Å². The monoisotopic (exact) mass is 324 g/mol. The summed E-state index contributed by atoms with van der Waals surface area (Å²) < 4.78 is 24.1. The summed E-state index contributed by atoms with van der Waals surface area (Å²) >= 11 is 0. The number of ether oxygens (including phenoxy) is 2. The molecule has 126 valence electrons. The lowest BCUT2D eigenvalue weighted by atomic mass is 10.2. The lowest BCUT2D eigenvalue weighted by molar-refractivity contribution is -0.132. The number of carbonyl (C=O) groups is 1. The van der Waals surface area contributed by atoms with Gasteiger partial charge in [0.25, 0.3) is 0 Å². The number of halogens is 1. The normalized spacial score (nSPS) is 25.6. The molecule has 0 radical (unpaired) electrons. The van der Waals surface area contributed by atoms with Gasteiger partial charge in [-0.15, -0.1) is 0 Å². The topological polar surface area (TPSA) is 62.2 Å². The number of aliphatic hydroxyl groups excluding tert-OH is 1. The number of hydrogen-bond donors (Lipinski definition) is 1. The Morgan fingerprint density at radius 1 is 1.35 bits per heavy atom. The maximum absolute atomic E-state index is 13.2. The van der Waals surface area contributed by atoms with Gasteiger partial charge in [0.15, 0.2) is 0 Å². The quantitative estimate of drug-likeness (QED) is 0.852. The van der Waals surface area contributed by atoms with Crippen molar-refractivity contribution in [3.63, 3.8) is 0 Å². The van der Waals surface area contributed by atoms with E-state index in [0.717, 1.165) is 13.1 Å². The van der Waals surface area contributed by atoms with Gasteiger partial charge in [-0.1, -0.05) is 6.07 Å². The van der Waals surface area contributed by atoms with Gasteiger partial charge in [-0.2, -0.15) is 0 Å². The number of aliphatic hydroxyl groups is 1. The molecule has 0 aromatic heterocycles. The van der Waals surface area contributed by atoms with Crippen LogP contribution < -0.4 is 4.74 Å². The van der Waals surface area contributed by atoms with Gasteiger partial charge in [0.1, 0.15) is 23.8 Å². The van der Waals surface area contributed by atoms with Gasteiger partial charge in [0, 0.05) is 19.2 Å². The van der Waals surface area contributed by atoms with E-state index in [1.165, 1.54) is 12.1 Å². The van der Waals surface area contributed by atoms with Gasteiger partial charge in [-0.05, 0) is 12.1 Å². The number of nitrogens with zero attached hydrogens (tertiary/aromatic N) is 2. The summed E-state index contributed by atoms with van der Waals surface area (Å²) in [7, 11) is 0. The molecule has 2 fully saturated rings. The van der Waals surface area contributed by atoms with Gasteiger partial charge in [-0.25, -0.2) is 4.39 Å². The van der Waals surface area contributed by atoms with Crippen LogP contribution in [0.1, 0.15) is 0 Å². The summed E-state index contributed by atoms with van der Waals surface area (Å²) in [6, 6.07) is 5.78. The number of morpholine rings is 1. The van der Waals surface area contributed by atoms with Crippen LogP contribution in [0.25, 0.3) is 0 Å². The molecule has 1 amide bonds. The minimum absolute atomic E-state index is 0.0312. The van der Waals surface area contributed by atoms with Crippen molar-refractivity contribution in [1.29, 1.82) is 0 Å². The molecule has 1 N–H and O–H groups in total. The van der Waals surface area contributed by atoms with Crippen molar-refractivity contribution in [1.82, 2.24) is 9.80 Å². The average Bonchev–Trinajstić information content (AvgIpc) is 2.89. The minimum atomic E-state index is -0.771. The van der Waals surface area contributed by atoms with Crippen molar-refractivity contribution in [2.45, 2.75) is 12.2 Å². The zero-order valence-corrected chi connectivity index (χ0v) is 12.9. The van der Waals surface area contributed by atoms with Crippen LogP contribution in [-0.2, 0) is 9.53 Å². The second-order valence-corrected chi connectivity index (χ2v) is 5.87. The molecule has 6 nitrogen and oxygen atoms in total. The van der Waals surface area contributed by atoms with Crippen LogP contribution >= 0.6 is 0 Å². The molecule has 2 atom stereocenters. The highest BCUT2D eigenvalue weighted by molar-refractivity contribution is 5.78. The first-order valence-corrected chi connectivity index (χ1v) is 7.80. The highest BCUT2D eigenvalue weighted by atomic mass is 19.1. The molecule has 0 aliphatic carbocycles. The van der Waals surface area contributed by atoms with Gasteiger partial charge in [-0.3, -0.25) is 9.69 Å². The van der Waals surface area contributed by atoms with Crippen molar-refractivity contribution < 1.29 is 23.8 Å². The molecule has 2 heterocycles. The van der Waals surface area contributed by atoms with Crippen LogP contribution in [0.15, 0.2) is 24.3 Å². The Morgan fingerprint density at radius 3 is 2.87 bits per heavy atom. The Kier molecular flexibility index (Phi) is 5.09. The van der Waals surface area contributed by atoms with E-state index in [0.29, 0.717) is 32.1 Å². The fourth-order valence-corrected chi connectivity index (χ4v) is 2.84. The van der Waals surface area contributed by atoms with Crippen molar-refractivity contribution in [3.8, 4) is 5.75 Å². The van der Waals surface area contributed by atoms with Crippen LogP contribution in [0.3, 0.4) is 0 Å². The highest BCUT2D eigenvalue weighted by Crippen LogP contribution is 2.20. The summed E-state index contributed by atoms with van der Waals surface area (Å²) in [6.45, 7) is 3.63. The molecule has 1 aromatic rings. The first-order valence-electron chi connectivity index (χ1n) is 7.80. The molecule has 1 aromatic carbocycles. The number of β-amino-alcohol motifs (C(OH)–C–C–N with tert-alkyl or cyclic N) is 1. The maximum Gasteiger partial charge on any atom is 0.236 e. The van der Waals surface area contributed by atoms with Gasteiger partial charge in [0.05, 0.1) is 32.8 Å². The summed E-state index contributed by atoms with van der Waals surface area (Å²) in [4.78, 5) is 16.0. The summed E-state index contributed by atoms with van der Waals surface area (Å²) in [5.74, 6) is -0.0666. The highest BCUT2D eigenvalue weighted by Gasteiger charge is 2.36. The van der Waals surface area contributed by atoms with E-state index in [9.17, 15) is 14.3 Å². The third kappa shape index (κ3) is 4.19.